The molecule has 5 nitrogen and oxygen atoms in total. The lowest BCUT2D eigenvalue weighted by Gasteiger charge is -2.33. The number of benzene rings is 1. The lowest BCUT2D eigenvalue weighted by atomic mass is 10.0. The van der Waals surface area contributed by atoms with E-state index in [-0.39, 0.29) is 16.6 Å². The molecule has 0 aliphatic carbocycles. The highest BCUT2D eigenvalue weighted by Crippen LogP contribution is 2.32. The first-order valence-electron chi connectivity index (χ1n) is 7.23. The molecule has 0 radical (unpaired) electrons. The summed E-state index contributed by atoms with van der Waals surface area (Å²) >= 11 is 5.91. The Bertz CT molecular complexity index is 750. The Labute approximate surface area is 136 Å². The molecule has 122 valence electrons. The van der Waals surface area contributed by atoms with E-state index in [4.69, 9.17) is 16.1 Å². The average molecular weight is 342 g/mol. The van der Waals surface area contributed by atoms with Gasteiger partial charge < -0.3 is 9.42 Å². The van der Waals surface area contributed by atoms with E-state index in [0.29, 0.717) is 24.7 Å². The minimum absolute atomic E-state index is 0.0753. The number of hydrogen-bond acceptors (Lipinski definition) is 4. The van der Waals surface area contributed by atoms with E-state index in [1.807, 2.05) is 0 Å². The second-order valence-electron chi connectivity index (χ2n) is 5.44. The van der Waals surface area contributed by atoms with Gasteiger partial charge in [0.15, 0.2) is 17.5 Å². The lowest BCUT2D eigenvalue weighted by Crippen LogP contribution is -2.38. The minimum atomic E-state index is -1.11. The summed E-state index contributed by atoms with van der Waals surface area (Å²) in [7, 11) is 0. The molecular formula is C15H14ClF2N3O2. The predicted molar refractivity (Wildman–Crippen MR) is 78.0 cm³/mol. The van der Waals surface area contributed by atoms with Gasteiger partial charge in [0.1, 0.15) is 6.04 Å². The number of nitrogens with zero attached hydrogens (tertiary/aromatic N) is 3. The molecule has 1 amide bonds. The van der Waals surface area contributed by atoms with Crippen molar-refractivity contribution in [2.45, 2.75) is 32.2 Å². The zero-order valence-electron chi connectivity index (χ0n) is 12.4. The molecule has 0 spiro atoms. The summed E-state index contributed by atoms with van der Waals surface area (Å²) in [5, 5.41) is 3.62. The number of piperidine rings is 1. The average Bonchev–Trinajstić information content (AvgIpc) is 2.96. The van der Waals surface area contributed by atoms with Crippen LogP contribution in [0.15, 0.2) is 16.7 Å². The van der Waals surface area contributed by atoms with Gasteiger partial charge in [0.2, 0.25) is 5.89 Å². The van der Waals surface area contributed by atoms with E-state index in [2.05, 4.69) is 10.1 Å². The third-order valence-corrected chi connectivity index (χ3v) is 4.15. The van der Waals surface area contributed by atoms with Gasteiger partial charge in [-0.3, -0.25) is 4.79 Å². The van der Waals surface area contributed by atoms with E-state index in [9.17, 15) is 13.6 Å². The molecule has 0 N–H and O–H groups in total. The van der Waals surface area contributed by atoms with Crippen molar-refractivity contribution in [1.29, 1.82) is 0 Å². The van der Waals surface area contributed by atoms with Gasteiger partial charge >= 0.3 is 0 Å². The van der Waals surface area contributed by atoms with E-state index < -0.39 is 17.5 Å². The van der Waals surface area contributed by atoms with Crippen LogP contribution in [0.4, 0.5) is 8.78 Å². The van der Waals surface area contributed by atoms with Gasteiger partial charge in [0.25, 0.3) is 5.91 Å². The van der Waals surface area contributed by atoms with Crippen molar-refractivity contribution in [3.05, 3.63) is 46.1 Å². The van der Waals surface area contributed by atoms with Crippen LogP contribution < -0.4 is 0 Å². The van der Waals surface area contributed by atoms with Crippen LogP contribution in [0.5, 0.6) is 0 Å². The zero-order valence-corrected chi connectivity index (χ0v) is 13.1. The number of aromatic nitrogens is 2. The number of amides is 1. The fourth-order valence-corrected chi connectivity index (χ4v) is 2.95. The second-order valence-corrected chi connectivity index (χ2v) is 5.84. The molecule has 0 unspecified atom stereocenters. The van der Waals surface area contributed by atoms with Crippen LogP contribution in [0.25, 0.3) is 0 Å². The second kappa shape index (κ2) is 6.23. The van der Waals surface area contributed by atoms with Crippen molar-refractivity contribution in [1.82, 2.24) is 15.0 Å². The highest BCUT2D eigenvalue weighted by Gasteiger charge is 2.33. The molecule has 8 heteroatoms. The largest absolute Gasteiger partial charge is 0.337 e. The standard InChI is InChI=1S/C15H14ClF2N3O2/c1-8-19-14(23-20-8)13-4-2-3-5-21(13)15(22)9-6-11(17)12(18)7-10(9)16/h6-7,13H,2-5H2,1H3/t13-/m0/s1. The molecule has 2 aromatic rings. The highest BCUT2D eigenvalue weighted by molar-refractivity contribution is 6.33. The Hall–Kier alpha value is -2.02. The third kappa shape index (κ3) is 3.06. The third-order valence-electron chi connectivity index (χ3n) is 3.83. The summed E-state index contributed by atoms with van der Waals surface area (Å²) in [6.45, 7) is 2.15. The fraction of sp³-hybridized carbons (Fsp3) is 0.400. The van der Waals surface area contributed by atoms with Gasteiger partial charge in [0, 0.05) is 6.54 Å². The molecular weight excluding hydrogens is 328 g/mol. The molecule has 23 heavy (non-hydrogen) atoms. The Morgan fingerprint density at radius 3 is 2.78 bits per heavy atom. The molecule has 1 atom stereocenters. The molecule has 2 heterocycles. The summed E-state index contributed by atoms with van der Waals surface area (Å²) in [6.07, 6.45) is 2.37. The Balaban J connectivity index is 1.94. The van der Waals surface area contributed by atoms with Crippen LogP contribution >= 0.6 is 11.6 Å². The summed E-state index contributed by atoms with van der Waals surface area (Å²) < 4.78 is 31.8. The van der Waals surface area contributed by atoms with Crippen molar-refractivity contribution in [3.63, 3.8) is 0 Å². The van der Waals surface area contributed by atoms with Gasteiger partial charge in [-0.25, -0.2) is 8.78 Å². The molecule has 1 saturated heterocycles. The zero-order chi connectivity index (χ0) is 16.6. The van der Waals surface area contributed by atoms with Crippen LogP contribution in [0.2, 0.25) is 5.02 Å². The number of rotatable bonds is 2. The summed E-state index contributed by atoms with van der Waals surface area (Å²) in [6, 6.07) is 1.24. The van der Waals surface area contributed by atoms with Crippen LogP contribution in [0.1, 0.15) is 47.4 Å². The highest BCUT2D eigenvalue weighted by atomic mass is 35.5. The van der Waals surface area contributed by atoms with Crippen molar-refractivity contribution < 1.29 is 18.1 Å². The van der Waals surface area contributed by atoms with Crippen molar-refractivity contribution in [2.75, 3.05) is 6.54 Å². The van der Waals surface area contributed by atoms with Crippen LogP contribution in [-0.4, -0.2) is 27.5 Å². The van der Waals surface area contributed by atoms with Crippen molar-refractivity contribution in [2.24, 2.45) is 0 Å². The fourth-order valence-electron chi connectivity index (χ4n) is 2.72. The first kappa shape index (κ1) is 15.9. The summed E-state index contributed by atoms with van der Waals surface area (Å²) in [5.41, 5.74) is -0.0753. The molecule has 3 rings (SSSR count). The first-order valence-corrected chi connectivity index (χ1v) is 7.61. The van der Waals surface area contributed by atoms with Crippen molar-refractivity contribution >= 4 is 17.5 Å². The number of hydrogen-bond donors (Lipinski definition) is 0. The van der Waals surface area contributed by atoms with Gasteiger partial charge in [-0.1, -0.05) is 16.8 Å². The number of carbonyl (C=O) groups excluding carboxylic acids is 1. The maximum Gasteiger partial charge on any atom is 0.256 e. The smallest absolute Gasteiger partial charge is 0.256 e. The van der Waals surface area contributed by atoms with Gasteiger partial charge in [-0.15, -0.1) is 0 Å². The van der Waals surface area contributed by atoms with Crippen LogP contribution in [-0.2, 0) is 0 Å². The molecule has 1 aliphatic rings. The quantitative estimate of drug-likeness (QED) is 0.782. The lowest BCUT2D eigenvalue weighted by molar-refractivity contribution is 0.0561. The van der Waals surface area contributed by atoms with Crippen LogP contribution in [0, 0.1) is 18.6 Å². The normalized spacial score (nSPS) is 18.3. The van der Waals surface area contributed by atoms with E-state index in [0.717, 1.165) is 25.0 Å². The molecule has 1 aliphatic heterocycles. The Morgan fingerprint density at radius 2 is 2.09 bits per heavy atom. The molecule has 1 aromatic heterocycles. The monoisotopic (exact) mass is 341 g/mol. The molecule has 1 aromatic carbocycles. The van der Waals surface area contributed by atoms with Crippen molar-refractivity contribution in [3.8, 4) is 0 Å². The maximum atomic E-state index is 13.5. The predicted octanol–water partition coefficient (Wildman–Crippen LogP) is 3.68. The van der Waals surface area contributed by atoms with Gasteiger partial charge in [-0.2, -0.15) is 4.98 Å². The number of carbonyl (C=O) groups is 1. The minimum Gasteiger partial charge on any atom is -0.337 e. The SMILES string of the molecule is Cc1noc([C@@H]2CCCCN2C(=O)c2cc(F)c(F)cc2Cl)n1. The van der Waals surface area contributed by atoms with E-state index in [1.165, 1.54) is 4.90 Å². The van der Waals surface area contributed by atoms with Gasteiger partial charge in [-0.05, 0) is 38.3 Å². The maximum absolute atomic E-state index is 13.5. The molecule has 1 fully saturated rings. The molecule has 0 bridgehead atoms. The van der Waals surface area contributed by atoms with Crippen LogP contribution in [0.3, 0.4) is 0 Å². The number of likely N-dealkylation sites (tertiary alicyclic amines) is 1. The number of aryl methyl sites for hydroxylation is 1. The Kier molecular flexibility index (Phi) is 4.30. The topological polar surface area (TPSA) is 59.2 Å². The number of halogens is 3. The van der Waals surface area contributed by atoms with E-state index >= 15 is 0 Å². The molecule has 0 saturated carbocycles. The Morgan fingerprint density at radius 1 is 1.35 bits per heavy atom. The first-order chi connectivity index (χ1) is 11.0. The summed E-state index contributed by atoms with van der Waals surface area (Å²) in [4.78, 5) is 18.4. The van der Waals surface area contributed by atoms with Gasteiger partial charge in [0.05, 0.1) is 10.6 Å². The summed E-state index contributed by atoms with van der Waals surface area (Å²) in [5.74, 6) is -1.86. The van der Waals surface area contributed by atoms with E-state index in [1.54, 1.807) is 6.92 Å².